The Balaban J connectivity index is 2.34. The van der Waals surface area contributed by atoms with E-state index >= 15 is 0 Å². The molecule has 1 rings (SSSR count). The molecule has 0 amide bonds. The Labute approximate surface area is 71.9 Å². The van der Waals surface area contributed by atoms with Crippen molar-refractivity contribution in [3.05, 3.63) is 46.7 Å². The molecule has 0 bridgehead atoms. The van der Waals surface area contributed by atoms with Gasteiger partial charge in [-0.3, -0.25) is 0 Å². The predicted molar refractivity (Wildman–Crippen MR) is 52.0 cm³/mol. The van der Waals surface area contributed by atoms with Gasteiger partial charge >= 0.3 is 0 Å². The van der Waals surface area contributed by atoms with E-state index in [2.05, 4.69) is 29.7 Å². The minimum atomic E-state index is 1.06. The molecule has 0 nitrogen and oxygen atoms in total. The second-order valence-corrected chi connectivity index (χ2v) is 3.27. The maximum absolute atomic E-state index is 2.17. The summed E-state index contributed by atoms with van der Waals surface area (Å²) in [5.74, 6) is 0. The van der Waals surface area contributed by atoms with Crippen molar-refractivity contribution in [2.45, 2.75) is 13.3 Å². The predicted octanol–water partition coefficient (Wildman–Crippen LogP) is 3.42. The average molecular weight is 164 g/mol. The van der Waals surface area contributed by atoms with Gasteiger partial charge < -0.3 is 0 Å². The summed E-state index contributed by atoms with van der Waals surface area (Å²) in [6, 6.07) is 4.24. The first-order valence-corrected chi connectivity index (χ1v) is 4.61. The maximum Gasteiger partial charge on any atom is 0.00829 e. The van der Waals surface area contributed by atoms with Crippen molar-refractivity contribution in [1.29, 1.82) is 0 Å². The SMILES string of the molecule is C/C=C\C=C/Cc1cccs1. The average Bonchev–Trinajstić information content (AvgIpc) is 2.50. The molecule has 11 heavy (non-hydrogen) atoms. The third kappa shape index (κ3) is 3.19. The molecule has 1 aromatic heterocycles. The molecule has 1 heteroatoms. The fourth-order valence-corrected chi connectivity index (χ4v) is 1.48. The van der Waals surface area contributed by atoms with Crippen LogP contribution in [0.25, 0.3) is 0 Å². The quantitative estimate of drug-likeness (QED) is 0.600. The highest BCUT2D eigenvalue weighted by atomic mass is 32.1. The number of rotatable bonds is 3. The number of allylic oxidation sites excluding steroid dienone is 4. The molecule has 1 aromatic rings. The summed E-state index contributed by atoms with van der Waals surface area (Å²) in [7, 11) is 0. The van der Waals surface area contributed by atoms with E-state index < -0.39 is 0 Å². The van der Waals surface area contributed by atoms with E-state index in [1.54, 1.807) is 11.3 Å². The van der Waals surface area contributed by atoms with Crippen LogP contribution in [0.5, 0.6) is 0 Å². The molecule has 0 fully saturated rings. The molecule has 0 N–H and O–H groups in total. The summed E-state index contributed by atoms with van der Waals surface area (Å²) < 4.78 is 0. The maximum atomic E-state index is 2.17. The van der Waals surface area contributed by atoms with Crippen LogP contribution in [0.2, 0.25) is 0 Å². The summed E-state index contributed by atoms with van der Waals surface area (Å²) in [6.07, 6.45) is 9.39. The molecule has 58 valence electrons. The zero-order chi connectivity index (χ0) is 7.94. The lowest BCUT2D eigenvalue weighted by Crippen LogP contribution is -1.69. The molecule has 0 saturated carbocycles. The van der Waals surface area contributed by atoms with E-state index in [1.807, 2.05) is 19.1 Å². The van der Waals surface area contributed by atoms with Gasteiger partial charge in [-0.25, -0.2) is 0 Å². The Morgan fingerprint density at radius 1 is 1.45 bits per heavy atom. The summed E-state index contributed by atoms with van der Waals surface area (Å²) in [5.41, 5.74) is 0. The van der Waals surface area contributed by atoms with Crippen molar-refractivity contribution in [2.75, 3.05) is 0 Å². The van der Waals surface area contributed by atoms with Crippen LogP contribution in [0.1, 0.15) is 11.8 Å². The zero-order valence-electron chi connectivity index (χ0n) is 6.66. The molecular formula is C10H12S. The van der Waals surface area contributed by atoms with E-state index in [4.69, 9.17) is 0 Å². The third-order valence-electron chi connectivity index (χ3n) is 1.34. The normalized spacial score (nSPS) is 11.7. The van der Waals surface area contributed by atoms with Crippen LogP contribution >= 0.6 is 11.3 Å². The van der Waals surface area contributed by atoms with E-state index in [0.717, 1.165) is 6.42 Å². The number of hydrogen-bond donors (Lipinski definition) is 0. The Morgan fingerprint density at radius 2 is 2.36 bits per heavy atom. The van der Waals surface area contributed by atoms with E-state index in [1.165, 1.54) is 4.88 Å². The van der Waals surface area contributed by atoms with Crippen LogP contribution in [-0.2, 0) is 6.42 Å². The summed E-state index contributed by atoms with van der Waals surface area (Å²) in [4.78, 5) is 1.42. The van der Waals surface area contributed by atoms with Crippen molar-refractivity contribution in [3.8, 4) is 0 Å². The van der Waals surface area contributed by atoms with Gasteiger partial charge in [0.25, 0.3) is 0 Å². The van der Waals surface area contributed by atoms with Crippen LogP contribution in [0.3, 0.4) is 0 Å². The van der Waals surface area contributed by atoms with Crippen molar-refractivity contribution < 1.29 is 0 Å². The number of thiophene rings is 1. The summed E-state index contributed by atoms with van der Waals surface area (Å²) >= 11 is 1.81. The lowest BCUT2D eigenvalue weighted by atomic mass is 10.3. The molecule has 0 unspecified atom stereocenters. The minimum Gasteiger partial charge on any atom is -0.149 e. The van der Waals surface area contributed by atoms with Crippen LogP contribution in [0, 0.1) is 0 Å². The molecule has 0 saturated heterocycles. The van der Waals surface area contributed by atoms with E-state index in [9.17, 15) is 0 Å². The fraction of sp³-hybridized carbons (Fsp3) is 0.200. The van der Waals surface area contributed by atoms with Crippen LogP contribution < -0.4 is 0 Å². The lowest BCUT2D eigenvalue weighted by Gasteiger charge is -1.84. The second kappa shape index (κ2) is 4.91. The van der Waals surface area contributed by atoms with Crippen LogP contribution in [-0.4, -0.2) is 0 Å². The van der Waals surface area contributed by atoms with E-state index in [0.29, 0.717) is 0 Å². The second-order valence-electron chi connectivity index (χ2n) is 2.24. The largest absolute Gasteiger partial charge is 0.149 e. The highest BCUT2D eigenvalue weighted by Crippen LogP contribution is 2.09. The van der Waals surface area contributed by atoms with Gasteiger partial charge in [-0.15, -0.1) is 11.3 Å². The Kier molecular flexibility index (Phi) is 3.70. The highest BCUT2D eigenvalue weighted by molar-refractivity contribution is 7.09. The number of hydrogen-bond acceptors (Lipinski definition) is 1. The molecular weight excluding hydrogens is 152 g/mol. The third-order valence-corrected chi connectivity index (χ3v) is 2.24. The topological polar surface area (TPSA) is 0 Å². The van der Waals surface area contributed by atoms with Crippen molar-refractivity contribution >= 4 is 11.3 Å². The van der Waals surface area contributed by atoms with Crippen LogP contribution in [0.4, 0.5) is 0 Å². The van der Waals surface area contributed by atoms with Gasteiger partial charge in [-0.2, -0.15) is 0 Å². The van der Waals surface area contributed by atoms with Crippen molar-refractivity contribution in [1.82, 2.24) is 0 Å². The zero-order valence-corrected chi connectivity index (χ0v) is 7.47. The fourth-order valence-electron chi connectivity index (χ4n) is 0.803. The first kappa shape index (κ1) is 8.28. The summed E-state index contributed by atoms with van der Waals surface area (Å²) in [5, 5.41) is 2.11. The molecule has 0 aliphatic carbocycles. The first-order chi connectivity index (χ1) is 5.43. The van der Waals surface area contributed by atoms with E-state index in [-0.39, 0.29) is 0 Å². The van der Waals surface area contributed by atoms with Crippen molar-refractivity contribution in [3.63, 3.8) is 0 Å². The van der Waals surface area contributed by atoms with Gasteiger partial charge in [0.2, 0.25) is 0 Å². The monoisotopic (exact) mass is 164 g/mol. The van der Waals surface area contributed by atoms with Crippen LogP contribution in [0.15, 0.2) is 41.8 Å². The first-order valence-electron chi connectivity index (χ1n) is 3.73. The molecule has 0 radical (unpaired) electrons. The Bertz CT molecular complexity index is 229. The van der Waals surface area contributed by atoms with Gasteiger partial charge in [0.15, 0.2) is 0 Å². The Hall–Kier alpha value is -0.820. The molecule has 0 atom stereocenters. The standard InChI is InChI=1S/C10H12S/c1-2-3-4-5-7-10-8-6-9-11-10/h2-6,8-9H,7H2,1H3/b3-2-,5-4-. The minimum absolute atomic E-state index is 1.06. The Morgan fingerprint density at radius 3 is 3.00 bits per heavy atom. The van der Waals surface area contributed by atoms with Gasteiger partial charge in [-0.05, 0) is 18.4 Å². The smallest absolute Gasteiger partial charge is 0.00829 e. The molecule has 0 spiro atoms. The molecule has 0 aromatic carbocycles. The summed E-state index contributed by atoms with van der Waals surface area (Å²) in [6.45, 7) is 2.02. The van der Waals surface area contributed by atoms with Crippen molar-refractivity contribution in [2.24, 2.45) is 0 Å². The highest BCUT2D eigenvalue weighted by Gasteiger charge is 1.86. The van der Waals surface area contributed by atoms with Gasteiger partial charge in [0, 0.05) is 11.3 Å². The molecule has 1 heterocycles. The van der Waals surface area contributed by atoms with Gasteiger partial charge in [0.05, 0.1) is 0 Å². The molecule has 0 aliphatic heterocycles. The molecule has 0 aliphatic rings. The lowest BCUT2D eigenvalue weighted by molar-refractivity contribution is 1.34. The van der Waals surface area contributed by atoms with Gasteiger partial charge in [0.1, 0.15) is 0 Å². The van der Waals surface area contributed by atoms with Gasteiger partial charge in [-0.1, -0.05) is 30.4 Å².